The first kappa shape index (κ1) is 24.4. The van der Waals surface area contributed by atoms with Gasteiger partial charge in [0.05, 0.1) is 0 Å². The van der Waals surface area contributed by atoms with Crippen LogP contribution in [0, 0.1) is 5.92 Å². The largest absolute Gasteiger partial charge is 0.508 e. The molecule has 34 heavy (non-hydrogen) atoms. The fourth-order valence-corrected chi connectivity index (χ4v) is 4.90. The van der Waals surface area contributed by atoms with Crippen molar-refractivity contribution in [3.63, 3.8) is 0 Å². The first-order chi connectivity index (χ1) is 16.4. The summed E-state index contributed by atoms with van der Waals surface area (Å²) in [6.07, 6.45) is 3.27. The van der Waals surface area contributed by atoms with Gasteiger partial charge >= 0.3 is 0 Å². The minimum atomic E-state index is -0.0103. The standard InChI is InChI=1S/C27H37BN4O2/c1-20(2)26(19-31-15-16-32(21(3)18-31)24-7-6-8-25(33)17-24)30-27(34)22-9-11-23(12-10-22)28-13-4-5-14-29-28/h4,6-13,17,20-21,26,29,33H,5,14-16,18-19H2,1-3H3,(H,30,34)/t21-,26+/m0/s1. The van der Waals surface area contributed by atoms with Gasteiger partial charge in [0.2, 0.25) is 0 Å². The average Bonchev–Trinajstić information content (AvgIpc) is 2.84. The number of rotatable bonds is 7. The fourth-order valence-electron chi connectivity index (χ4n) is 4.90. The van der Waals surface area contributed by atoms with Gasteiger partial charge in [-0.25, -0.2) is 0 Å². The van der Waals surface area contributed by atoms with E-state index in [1.54, 1.807) is 6.07 Å². The van der Waals surface area contributed by atoms with E-state index in [0.717, 1.165) is 44.8 Å². The van der Waals surface area contributed by atoms with Crippen LogP contribution in [0.15, 0.2) is 60.6 Å². The zero-order valence-corrected chi connectivity index (χ0v) is 20.6. The molecule has 2 aliphatic heterocycles. The molecule has 2 aromatic rings. The number of piperazine rings is 1. The smallest absolute Gasteiger partial charge is 0.281 e. The highest BCUT2D eigenvalue weighted by Crippen LogP contribution is 2.24. The SMILES string of the molecule is CC(C)[C@@H](CN1CCN(c2cccc(O)c2)[C@@H](C)C1)NC(=O)c1ccc(B2C=CCCN2)cc1. The molecule has 2 aliphatic rings. The van der Waals surface area contributed by atoms with Crippen molar-refractivity contribution in [3.8, 4) is 5.75 Å². The van der Waals surface area contributed by atoms with Crippen LogP contribution in [0.2, 0.25) is 0 Å². The van der Waals surface area contributed by atoms with Crippen LogP contribution < -0.4 is 20.9 Å². The number of aromatic hydroxyl groups is 1. The molecule has 0 radical (unpaired) electrons. The van der Waals surface area contributed by atoms with Gasteiger partial charge < -0.3 is 20.6 Å². The van der Waals surface area contributed by atoms with Gasteiger partial charge in [-0.1, -0.05) is 49.6 Å². The summed E-state index contributed by atoms with van der Waals surface area (Å²) in [5.41, 5.74) is 2.95. The van der Waals surface area contributed by atoms with E-state index in [9.17, 15) is 9.90 Å². The highest BCUT2D eigenvalue weighted by molar-refractivity contribution is 6.75. The summed E-state index contributed by atoms with van der Waals surface area (Å²) in [5, 5.41) is 16.6. The number of carbonyl (C=O) groups is 1. The first-order valence-electron chi connectivity index (χ1n) is 12.5. The number of nitrogens with one attached hydrogen (secondary N) is 2. The van der Waals surface area contributed by atoms with Crippen LogP contribution in [0.1, 0.15) is 37.6 Å². The molecule has 6 nitrogen and oxygen atoms in total. The zero-order chi connectivity index (χ0) is 24.1. The Kier molecular flexibility index (Phi) is 7.96. The van der Waals surface area contributed by atoms with Crippen molar-refractivity contribution < 1.29 is 9.90 Å². The lowest BCUT2D eigenvalue weighted by Crippen LogP contribution is -2.56. The third kappa shape index (κ3) is 6.02. The van der Waals surface area contributed by atoms with E-state index >= 15 is 0 Å². The van der Waals surface area contributed by atoms with Crippen molar-refractivity contribution in [2.75, 3.05) is 37.6 Å². The second kappa shape index (κ2) is 11.1. The number of anilines is 1. The van der Waals surface area contributed by atoms with Crippen molar-refractivity contribution in [3.05, 3.63) is 66.1 Å². The quantitative estimate of drug-likeness (QED) is 0.555. The highest BCUT2D eigenvalue weighted by atomic mass is 16.3. The lowest BCUT2D eigenvalue weighted by molar-refractivity contribution is 0.0903. The van der Waals surface area contributed by atoms with E-state index in [1.165, 1.54) is 5.46 Å². The molecule has 2 aromatic carbocycles. The first-order valence-corrected chi connectivity index (χ1v) is 12.5. The van der Waals surface area contributed by atoms with E-state index in [4.69, 9.17) is 0 Å². The summed E-state index contributed by atoms with van der Waals surface area (Å²) >= 11 is 0. The summed E-state index contributed by atoms with van der Waals surface area (Å²) in [6.45, 7) is 11.3. The Morgan fingerprint density at radius 1 is 1.21 bits per heavy atom. The van der Waals surface area contributed by atoms with Gasteiger partial charge in [-0.15, -0.1) is 0 Å². The predicted octanol–water partition coefficient (Wildman–Crippen LogP) is 2.64. The Bertz CT molecular complexity index is 994. The summed E-state index contributed by atoms with van der Waals surface area (Å²) in [5.74, 6) is 2.81. The van der Waals surface area contributed by atoms with Gasteiger partial charge in [-0.2, -0.15) is 0 Å². The topological polar surface area (TPSA) is 67.8 Å². The number of nitrogens with zero attached hydrogens (tertiary/aromatic N) is 2. The molecule has 0 aliphatic carbocycles. The molecule has 0 aromatic heterocycles. The lowest BCUT2D eigenvalue weighted by Gasteiger charge is -2.42. The maximum atomic E-state index is 13.0. The molecule has 4 rings (SSSR count). The van der Waals surface area contributed by atoms with Crippen LogP contribution in [0.3, 0.4) is 0 Å². The predicted molar refractivity (Wildman–Crippen MR) is 141 cm³/mol. The highest BCUT2D eigenvalue weighted by Gasteiger charge is 2.27. The Balaban J connectivity index is 1.34. The minimum absolute atomic E-state index is 0.0103. The Morgan fingerprint density at radius 2 is 2.00 bits per heavy atom. The maximum Gasteiger partial charge on any atom is 0.281 e. The molecule has 0 saturated carbocycles. The van der Waals surface area contributed by atoms with E-state index < -0.39 is 0 Å². The third-order valence-corrected chi connectivity index (χ3v) is 6.98. The van der Waals surface area contributed by atoms with Crippen molar-refractivity contribution in [1.29, 1.82) is 0 Å². The van der Waals surface area contributed by atoms with Crippen LogP contribution in [-0.4, -0.2) is 67.6 Å². The molecular weight excluding hydrogens is 423 g/mol. The molecule has 0 unspecified atom stereocenters. The maximum absolute atomic E-state index is 13.0. The van der Waals surface area contributed by atoms with Crippen LogP contribution >= 0.6 is 0 Å². The summed E-state index contributed by atoms with van der Waals surface area (Å²) < 4.78 is 0. The lowest BCUT2D eigenvalue weighted by atomic mass is 9.55. The monoisotopic (exact) mass is 460 g/mol. The van der Waals surface area contributed by atoms with Gasteiger partial charge in [-0.05, 0) is 50.1 Å². The van der Waals surface area contributed by atoms with Gasteiger partial charge in [0.15, 0.2) is 0 Å². The van der Waals surface area contributed by atoms with E-state index in [-0.39, 0.29) is 18.8 Å². The molecule has 0 bridgehead atoms. The molecule has 180 valence electrons. The zero-order valence-electron chi connectivity index (χ0n) is 20.6. The second-order valence-electron chi connectivity index (χ2n) is 9.92. The number of amides is 1. The second-order valence-corrected chi connectivity index (χ2v) is 9.92. The minimum Gasteiger partial charge on any atom is -0.508 e. The van der Waals surface area contributed by atoms with Gasteiger partial charge in [0, 0.05) is 55.6 Å². The number of phenols is 1. The van der Waals surface area contributed by atoms with E-state index in [0.29, 0.717) is 23.3 Å². The molecule has 1 fully saturated rings. The van der Waals surface area contributed by atoms with Crippen molar-refractivity contribution in [2.24, 2.45) is 5.92 Å². The molecule has 3 N–H and O–H groups in total. The Morgan fingerprint density at radius 3 is 2.65 bits per heavy atom. The molecule has 7 heteroatoms. The number of hydrogen-bond acceptors (Lipinski definition) is 5. The fraction of sp³-hybridized carbons (Fsp3) is 0.444. The van der Waals surface area contributed by atoms with Crippen LogP contribution in [0.5, 0.6) is 5.75 Å². The van der Waals surface area contributed by atoms with Crippen LogP contribution in [0.25, 0.3) is 0 Å². The Labute approximate surface area is 204 Å². The molecule has 0 spiro atoms. The summed E-state index contributed by atoms with van der Waals surface area (Å²) in [6, 6.07) is 15.8. The molecule has 1 saturated heterocycles. The van der Waals surface area contributed by atoms with Gasteiger partial charge in [-0.3, -0.25) is 9.69 Å². The van der Waals surface area contributed by atoms with Crippen LogP contribution in [0.4, 0.5) is 5.69 Å². The van der Waals surface area contributed by atoms with Crippen LogP contribution in [-0.2, 0) is 0 Å². The van der Waals surface area contributed by atoms with Crippen molar-refractivity contribution >= 4 is 23.9 Å². The number of hydrogen-bond donors (Lipinski definition) is 3. The third-order valence-electron chi connectivity index (χ3n) is 6.98. The molecular formula is C27H37BN4O2. The number of phenolic OH excluding ortho intramolecular Hbond substituents is 1. The summed E-state index contributed by atoms with van der Waals surface area (Å²) in [7, 11) is 0. The van der Waals surface area contributed by atoms with Gasteiger partial charge in [0.25, 0.3) is 12.8 Å². The number of carbonyl (C=O) groups excluding carboxylic acids is 1. The van der Waals surface area contributed by atoms with Crippen molar-refractivity contribution in [1.82, 2.24) is 15.4 Å². The normalized spacial score (nSPS) is 19.9. The molecule has 2 atom stereocenters. The van der Waals surface area contributed by atoms with Crippen molar-refractivity contribution in [2.45, 2.75) is 39.3 Å². The molecule has 1 amide bonds. The van der Waals surface area contributed by atoms with E-state index in [2.05, 4.69) is 71.4 Å². The molecule has 2 heterocycles. The number of benzene rings is 2. The van der Waals surface area contributed by atoms with Gasteiger partial charge in [0.1, 0.15) is 5.75 Å². The Hall–Kier alpha value is -2.77. The van der Waals surface area contributed by atoms with E-state index in [1.807, 2.05) is 24.3 Å². The summed E-state index contributed by atoms with van der Waals surface area (Å²) in [4.78, 5) is 17.8. The average molecular weight is 460 g/mol.